The van der Waals surface area contributed by atoms with Crippen molar-refractivity contribution < 1.29 is 19.4 Å². The Hall–Kier alpha value is -1.32. The van der Waals surface area contributed by atoms with Crippen molar-refractivity contribution >= 4 is 11.9 Å². The van der Waals surface area contributed by atoms with Crippen LogP contribution in [0.5, 0.6) is 0 Å². The molecule has 0 radical (unpaired) electrons. The maximum atomic E-state index is 12.2. The van der Waals surface area contributed by atoms with Gasteiger partial charge in [-0.1, -0.05) is 12.2 Å². The lowest BCUT2D eigenvalue weighted by Crippen LogP contribution is -2.47. The van der Waals surface area contributed by atoms with Gasteiger partial charge in [0.15, 0.2) is 0 Å². The Morgan fingerprint density at radius 1 is 1.17 bits per heavy atom. The standard InChI is InChI=1S/C14H18O4/c1-6(2)18-14(17)12-8-4-3-7(9-5-10(8)9)11(12)13(15)16/h3-4,6-12H,5H2,1-2H3,(H,15,16)/t7-,8+,9-,10-,11-,12+/m0/s1. The molecule has 0 aromatic rings. The van der Waals surface area contributed by atoms with Gasteiger partial charge < -0.3 is 9.84 Å². The number of rotatable bonds is 3. The molecule has 4 aliphatic rings. The van der Waals surface area contributed by atoms with Crippen LogP contribution >= 0.6 is 0 Å². The lowest BCUT2D eigenvalue weighted by atomic mass is 9.62. The van der Waals surface area contributed by atoms with E-state index in [9.17, 15) is 14.7 Å². The molecule has 98 valence electrons. The molecule has 0 spiro atoms. The van der Waals surface area contributed by atoms with Gasteiger partial charge in [-0.15, -0.1) is 0 Å². The van der Waals surface area contributed by atoms with Crippen molar-refractivity contribution in [2.45, 2.75) is 26.4 Å². The molecule has 0 aliphatic heterocycles. The van der Waals surface area contributed by atoms with Gasteiger partial charge in [0.1, 0.15) is 0 Å². The van der Waals surface area contributed by atoms with Crippen LogP contribution in [0.15, 0.2) is 12.2 Å². The molecule has 0 amide bonds. The summed E-state index contributed by atoms with van der Waals surface area (Å²) >= 11 is 0. The molecule has 0 saturated heterocycles. The number of aliphatic carboxylic acids is 1. The molecular weight excluding hydrogens is 232 g/mol. The number of hydrogen-bond acceptors (Lipinski definition) is 3. The topological polar surface area (TPSA) is 63.6 Å². The van der Waals surface area contributed by atoms with Crippen LogP contribution in [0.25, 0.3) is 0 Å². The Morgan fingerprint density at radius 3 is 2.22 bits per heavy atom. The lowest BCUT2D eigenvalue weighted by molar-refractivity contribution is -0.167. The highest BCUT2D eigenvalue weighted by molar-refractivity contribution is 5.83. The third-order valence-corrected chi connectivity index (χ3v) is 4.56. The molecule has 2 fully saturated rings. The van der Waals surface area contributed by atoms with Gasteiger partial charge in [-0.3, -0.25) is 9.59 Å². The first kappa shape index (κ1) is 11.8. The van der Waals surface area contributed by atoms with Gasteiger partial charge in [0.05, 0.1) is 17.9 Å². The Kier molecular flexibility index (Phi) is 2.50. The Bertz CT molecular complexity index is 426. The van der Waals surface area contributed by atoms with Crippen molar-refractivity contribution in [3.63, 3.8) is 0 Å². The summed E-state index contributed by atoms with van der Waals surface area (Å²) in [6, 6.07) is 0. The molecule has 4 aliphatic carbocycles. The molecule has 4 rings (SSSR count). The fourth-order valence-electron chi connectivity index (χ4n) is 3.85. The normalized spacial score (nSPS) is 43.7. The second-order valence-corrected chi connectivity index (χ2v) is 5.98. The summed E-state index contributed by atoms with van der Waals surface area (Å²) in [7, 11) is 0. The van der Waals surface area contributed by atoms with Gasteiger partial charge in [0.25, 0.3) is 0 Å². The van der Waals surface area contributed by atoms with E-state index in [1.54, 1.807) is 13.8 Å². The van der Waals surface area contributed by atoms with E-state index in [-0.39, 0.29) is 23.9 Å². The molecule has 0 aromatic heterocycles. The van der Waals surface area contributed by atoms with Crippen LogP contribution in [-0.2, 0) is 14.3 Å². The summed E-state index contributed by atoms with van der Waals surface area (Å²) in [6.07, 6.45) is 4.94. The molecule has 2 bridgehead atoms. The first-order valence-corrected chi connectivity index (χ1v) is 6.62. The van der Waals surface area contributed by atoms with Gasteiger partial charge in [-0.2, -0.15) is 0 Å². The third kappa shape index (κ3) is 1.58. The number of ether oxygens (including phenoxy) is 1. The zero-order valence-corrected chi connectivity index (χ0v) is 10.6. The Morgan fingerprint density at radius 2 is 1.72 bits per heavy atom. The summed E-state index contributed by atoms with van der Waals surface area (Å²) in [4.78, 5) is 23.6. The minimum atomic E-state index is -0.856. The number of carboxylic acid groups (broad SMARTS) is 1. The van der Waals surface area contributed by atoms with Crippen LogP contribution in [0.3, 0.4) is 0 Å². The van der Waals surface area contributed by atoms with Crippen LogP contribution in [0, 0.1) is 35.5 Å². The highest BCUT2D eigenvalue weighted by Gasteiger charge is 2.63. The van der Waals surface area contributed by atoms with Crippen LogP contribution < -0.4 is 0 Å². The van der Waals surface area contributed by atoms with Crippen LogP contribution in [0.4, 0.5) is 0 Å². The van der Waals surface area contributed by atoms with Gasteiger partial charge in [0.2, 0.25) is 0 Å². The molecule has 18 heavy (non-hydrogen) atoms. The van der Waals surface area contributed by atoms with E-state index in [4.69, 9.17) is 4.74 Å². The zero-order valence-electron chi connectivity index (χ0n) is 10.6. The minimum absolute atomic E-state index is 0.0298. The summed E-state index contributed by atoms with van der Waals surface area (Å²) < 4.78 is 5.25. The van der Waals surface area contributed by atoms with E-state index in [0.717, 1.165) is 6.42 Å². The van der Waals surface area contributed by atoms with Crippen molar-refractivity contribution in [3.05, 3.63) is 12.2 Å². The molecule has 4 nitrogen and oxygen atoms in total. The molecule has 4 heteroatoms. The third-order valence-electron chi connectivity index (χ3n) is 4.56. The molecule has 0 heterocycles. The predicted octanol–water partition coefficient (Wildman–Crippen LogP) is 1.71. The number of carboxylic acids is 1. The van der Waals surface area contributed by atoms with Crippen molar-refractivity contribution in [2.75, 3.05) is 0 Å². The first-order valence-electron chi connectivity index (χ1n) is 6.62. The fourth-order valence-corrected chi connectivity index (χ4v) is 3.85. The van der Waals surface area contributed by atoms with E-state index >= 15 is 0 Å². The van der Waals surface area contributed by atoms with E-state index in [0.29, 0.717) is 11.8 Å². The van der Waals surface area contributed by atoms with Crippen LogP contribution in [-0.4, -0.2) is 23.1 Å². The highest BCUT2D eigenvalue weighted by atomic mass is 16.5. The summed E-state index contributed by atoms with van der Waals surface area (Å²) in [5.41, 5.74) is 0. The van der Waals surface area contributed by atoms with Gasteiger partial charge in [-0.25, -0.2) is 0 Å². The average Bonchev–Trinajstić information content (AvgIpc) is 3.07. The second kappa shape index (κ2) is 3.84. The molecular formula is C14H18O4. The number of allylic oxidation sites excluding steroid dienone is 2. The van der Waals surface area contributed by atoms with E-state index in [1.807, 2.05) is 12.2 Å². The number of carbonyl (C=O) groups is 2. The molecule has 2 saturated carbocycles. The number of esters is 1. The second-order valence-electron chi connectivity index (χ2n) is 5.98. The average molecular weight is 250 g/mol. The molecule has 1 N–H and O–H groups in total. The van der Waals surface area contributed by atoms with Crippen molar-refractivity contribution in [2.24, 2.45) is 35.5 Å². The smallest absolute Gasteiger partial charge is 0.310 e. The maximum absolute atomic E-state index is 12.2. The van der Waals surface area contributed by atoms with Gasteiger partial charge in [0, 0.05) is 0 Å². The van der Waals surface area contributed by atoms with Crippen molar-refractivity contribution in [1.29, 1.82) is 0 Å². The Labute approximate surface area is 106 Å². The van der Waals surface area contributed by atoms with Crippen molar-refractivity contribution in [1.82, 2.24) is 0 Å². The fraction of sp³-hybridized carbons (Fsp3) is 0.714. The quantitative estimate of drug-likeness (QED) is 0.611. The number of carbonyl (C=O) groups excluding carboxylic acids is 1. The van der Waals surface area contributed by atoms with Gasteiger partial charge >= 0.3 is 11.9 Å². The summed E-state index contributed by atoms with van der Waals surface area (Å²) in [5, 5.41) is 9.41. The zero-order chi connectivity index (χ0) is 13.0. The maximum Gasteiger partial charge on any atom is 0.310 e. The molecule has 0 aromatic carbocycles. The minimum Gasteiger partial charge on any atom is -0.481 e. The number of hydrogen-bond donors (Lipinski definition) is 1. The highest BCUT2D eigenvalue weighted by Crippen LogP contribution is 2.63. The van der Waals surface area contributed by atoms with Crippen LogP contribution in [0.1, 0.15) is 20.3 Å². The van der Waals surface area contributed by atoms with E-state index in [2.05, 4.69) is 0 Å². The lowest BCUT2D eigenvalue weighted by Gasteiger charge is -2.41. The molecule has 6 atom stereocenters. The monoisotopic (exact) mass is 250 g/mol. The molecule has 0 unspecified atom stereocenters. The summed E-state index contributed by atoms with van der Waals surface area (Å²) in [5.74, 6) is -1.15. The Balaban J connectivity index is 1.89. The summed E-state index contributed by atoms with van der Waals surface area (Å²) in [6.45, 7) is 3.59. The SMILES string of the molecule is CC(C)OC(=O)[C@@H]1[C@@H]2C=C[C@@H]([C@@H]3C[C@@H]23)[C@@H]1C(=O)O. The largest absolute Gasteiger partial charge is 0.481 e. The van der Waals surface area contributed by atoms with Gasteiger partial charge in [-0.05, 0) is 43.9 Å². The van der Waals surface area contributed by atoms with Crippen molar-refractivity contribution in [3.8, 4) is 0 Å². The number of fused-ring (bicyclic) bond motifs is 1. The first-order chi connectivity index (χ1) is 8.50. The van der Waals surface area contributed by atoms with E-state index in [1.165, 1.54) is 0 Å². The predicted molar refractivity (Wildman–Crippen MR) is 63.6 cm³/mol. The van der Waals surface area contributed by atoms with Crippen LogP contribution in [0.2, 0.25) is 0 Å². The van der Waals surface area contributed by atoms with E-state index < -0.39 is 17.8 Å².